The van der Waals surface area contributed by atoms with Gasteiger partial charge in [0.1, 0.15) is 5.78 Å². The Hall–Kier alpha value is -1.18. The van der Waals surface area contributed by atoms with Crippen molar-refractivity contribution in [1.82, 2.24) is 0 Å². The van der Waals surface area contributed by atoms with E-state index in [0.29, 0.717) is 18.8 Å². The van der Waals surface area contributed by atoms with E-state index in [9.17, 15) is 9.59 Å². The van der Waals surface area contributed by atoms with Gasteiger partial charge in [0, 0.05) is 18.4 Å². The van der Waals surface area contributed by atoms with Crippen molar-refractivity contribution in [2.24, 2.45) is 5.92 Å². The Morgan fingerprint density at radius 2 is 1.94 bits per heavy atom. The van der Waals surface area contributed by atoms with Crippen molar-refractivity contribution in [2.45, 2.75) is 53.4 Å². The fraction of sp³-hybridized carbons (Fsp3) is 0.600. The van der Waals surface area contributed by atoms with Gasteiger partial charge >= 0.3 is 0 Å². The molecule has 2 nitrogen and oxygen atoms in total. The van der Waals surface area contributed by atoms with Crippen LogP contribution in [-0.4, -0.2) is 11.6 Å². The highest BCUT2D eigenvalue weighted by molar-refractivity contribution is 6.01. The lowest BCUT2D eigenvalue weighted by atomic mass is 9.94. The first kappa shape index (κ1) is 13.9. The molecule has 0 amide bonds. The summed E-state index contributed by atoms with van der Waals surface area (Å²) >= 11 is 0. The van der Waals surface area contributed by atoms with E-state index in [4.69, 9.17) is 0 Å². The lowest BCUT2D eigenvalue weighted by molar-refractivity contribution is -0.117. The number of Topliss-reactive ketones (excluding diaryl/α,β-unsaturated/α-hetero) is 2. The van der Waals surface area contributed by atoms with Crippen molar-refractivity contribution in [3.63, 3.8) is 0 Å². The van der Waals surface area contributed by atoms with Gasteiger partial charge in [0.25, 0.3) is 0 Å². The first-order valence-corrected chi connectivity index (χ1v) is 6.34. The average molecular weight is 234 g/mol. The summed E-state index contributed by atoms with van der Waals surface area (Å²) in [5.41, 5.74) is 3.29. The lowest BCUT2D eigenvalue weighted by Crippen LogP contribution is -2.01. The predicted molar refractivity (Wildman–Crippen MR) is 69.8 cm³/mol. The van der Waals surface area contributed by atoms with Crippen LogP contribution in [0.25, 0.3) is 0 Å². The molecule has 0 spiro atoms. The smallest absolute Gasteiger partial charge is 0.163 e. The van der Waals surface area contributed by atoms with Crippen LogP contribution in [0.1, 0.15) is 53.4 Å². The second-order valence-corrected chi connectivity index (χ2v) is 5.19. The van der Waals surface area contributed by atoms with E-state index >= 15 is 0 Å². The third-order valence-corrected chi connectivity index (χ3v) is 3.32. The van der Waals surface area contributed by atoms with Crippen molar-refractivity contribution in [2.75, 3.05) is 0 Å². The zero-order valence-corrected chi connectivity index (χ0v) is 11.3. The Kier molecular flexibility index (Phi) is 4.86. The minimum absolute atomic E-state index is 0.208. The monoisotopic (exact) mass is 234 g/mol. The number of hydrogen-bond donors (Lipinski definition) is 0. The molecule has 0 aliphatic heterocycles. The van der Waals surface area contributed by atoms with Gasteiger partial charge in [0.15, 0.2) is 5.78 Å². The molecule has 0 aromatic carbocycles. The SMILES string of the molecule is CC(=O)CC/C(=C\C1=C(C)CCC1=O)C(C)C. The largest absolute Gasteiger partial charge is 0.300 e. The van der Waals surface area contributed by atoms with Crippen molar-refractivity contribution < 1.29 is 9.59 Å². The second kappa shape index (κ2) is 5.95. The maximum Gasteiger partial charge on any atom is 0.163 e. The van der Waals surface area contributed by atoms with Crippen LogP contribution in [0, 0.1) is 5.92 Å². The molecule has 0 saturated heterocycles. The number of rotatable bonds is 5. The average Bonchev–Trinajstić information content (AvgIpc) is 2.53. The van der Waals surface area contributed by atoms with Crippen LogP contribution in [-0.2, 0) is 9.59 Å². The van der Waals surface area contributed by atoms with Crippen LogP contribution in [0.2, 0.25) is 0 Å². The molecule has 1 rings (SSSR count). The number of carbonyl (C=O) groups is 2. The molecule has 0 saturated carbocycles. The molecule has 0 aromatic rings. The Morgan fingerprint density at radius 1 is 1.29 bits per heavy atom. The quantitative estimate of drug-likeness (QED) is 0.728. The Morgan fingerprint density at radius 3 is 2.35 bits per heavy atom. The van der Waals surface area contributed by atoms with E-state index < -0.39 is 0 Å². The van der Waals surface area contributed by atoms with Crippen LogP contribution >= 0.6 is 0 Å². The molecule has 0 N–H and O–H groups in total. The predicted octanol–water partition coefficient (Wildman–Crippen LogP) is 3.62. The standard InChI is InChI=1S/C15H22O2/c1-10(2)13(7-6-12(4)16)9-14-11(3)5-8-15(14)17/h9-10H,5-8H2,1-4H3/b13-9+. The van der Waals surface area contributed by atoms with E-state index in [2.05, 4.69) is 13.8 Å². The molecule has 94 valence electrons. The van der Waals surface area contributed by atoms with Crippen molar-refractivity contribution in [3.8, 4) is 0 Å². The molecule has 0 aromatic heterocycles. The van der Waals surface area contributed by atoms with Crippen molar-refractivity contribution in [3.05, 3.63) is 22.8 Å². The van der Waals surface area contributed by atoms with Crippen LogP contribution < -0.4 is 0 Å². The highest BCUT2D eigenvalue weighted by Crippen LogP contribution is 2.27. The molecule has 0 bridgehead atoms. The summed E-state index contributed by atoms with van der Waals surface area (Å²) in [5.74, 6) is 0.853. The van der Waals surface area contributed by atoms with Gasteiger partial charge in [0.05, 0.1) is 0 Å². The molecular weight excluding hydrogens is 212 g/mol. The van der Waals surface area contributed by atoms with Gasteiger partial charge in [-0.2, -0.15) is 0 Å². The van der Waals surface area contributed by atoms with E-state index in [1.165, 1.54) is 11.1 Å². The van der Waals surface area contributed by atoms with E-state index in [-0.39, 0.29) is 11.6 Å². The topological polar surface area (TPSA) is 34.1 Å². The van der Waals surface area contributed by atoms with Crippen molar-refractivity contribution in [1.29, 1.82) is 0 Å². The molecule has 0 fully saturated rings. The molecule has 1 aliphatic rings. The second-order valence-electron chi connectivity index (χ2n) is 5.19. The van der Waals surface area contributed by atoms with Gasteiger partial charge in [-0.15, -0.1) is 0 Å². The summed E-state index contributed by atoms with van der Waals surface area (Å²) in [6, 6.07) is 0. The zero-order chi connectivity index (χ0) is 13.0. The summed E-state index contributed by atoms with van der Waals surface area (Å²) in [4.78, 5) is 22.7. The van der Waals surface area contributed by atoms with Gasteiger partial charge in [-0.1, -0.05) is 31.1 Å². The highest BCUT2D eigenvalue weighted by Gasteiger charge is 2.19. The van der Waals surface area contributed by atoms with E-state index in [1.807, 2.05) is 13.0 Å². The minimum atomic E-state index is 0.208. The number of ketones is 2. The summed E-state index contributed by atoms with van der Waals surface area (Å²) in [6.07, 6.45) is 4.92. The Bertz CT molecular complexity index is 384. The van der Waals surface area contributed by atoms with Gasteiger partial charge in [0.2, 0.25) is 0 Å². The normalized spacial score (nSPS) is 17.2. The summed E-state index contributed by atoms with van der Waals surface area (Å²) in [7, 11) is 0. The third kappa shape index (κ3) is 3.95. The maximum atomic E-state index is 11.7. The molecule has 1 aliphatic carbocycles. The van der Waals surface area contributed by atoms with Gasteiger partial charge in [-0.25, -0.2) is 0 Å². The van der Waals surface area contributed by atoms with Crippen LogP contribution in [0.5, 0.6) is 0 Å². The van der Waals surface area contributed by atoms with Gasteiger partial charge in [-0.05, 0) is 32.6 Å². The summed E-state index contributed by atoms with van der Waals surface area (Å²) in [5, 5.41) is 0. The molecule has 0 radical (unpaired) electrons. The molecule has 0 unspecified atom stereocenters. The molecule has 0 heterocycles. The Labute approximate surface area is 104 Å². The molecule has 17 heavy (non-hydrogen) atoms. The van der Waals surface area contributed by atoms with Crippen LogP contribution in [0.15, 0.2) is 22.8 Å². The third-order valence-electron chi connectivity index (χ3n) is 3.32. The van der Waals surface area contributed by atoms with E-state index in [1.54, 1.807) is 6.92 Å². The molecular formula is C15H22O2. The minimum Gasteiger partial charge on any atom is -0.300 e. The van der Waals surface area contributed by atoms with Crippen LogP contribution in [0.4, 0.5) is 0 Å². The molecule has 0 atom stereocenters. The first-order chi connectivity index (χ1) is 7.91. The number of carbonyl (C=O) groups excluding carboxylic acids is 2. The van der Waals surface area contributed by atoms with Crippen molar-refractivity contribution >= 4 is 11.6 Å². The maximum absolute atomic E-state index is 11.7. The zero-order valence-electron chi connectivity index (χ0n) is 11.3. The highest BCUT2D eigenvalue weighted by atomic mass is 16.1. The number of allylic oxidation sites excluding steroid dienone is 4. The summed E-state index contributed by atoms with van der Waals surface area (Å²) in [6.45, 7) is 7.87. The van der Waals surface area contributed by atoms with Gasteiger partial charge < -0.3 is 4.79 Å². The van der Waals surface area contributed by atoms with Crippen LogP contribution in [0.3, 0.4) is 0 Å². The lowest BCUT2D eigenvalue weighted by Gasteiger charge is -2.11. The van der Waals surface area contributed by atoms with E-state index in [0.717, 1.165) is 18.4 Å². The fourth-order valence-corrected chi connectivity index (χ4v) is 2.05. The first-order valence-electron chi connectivity index (χ1n) is 6.34. The molecule has 2 heteroatoms. The van der Waals surface area contributed by atoms with Gasteiger partial charge in [-0.3, -0.25) is 4.79 Å². The fourth-order valence-electron chi connectivity index (χ4n) is 2.05. The summed E-state index contributed by atoms with van der Waals surface area (Å²) < 4.78 is 0. The number of hydrogen-bond acceptors (Lipinski definition) is 2. The Balaban J connectivity index is 2.87.